The molecule has 4 nitrogen and oxygen atoms in total. The van der Waals surface area contributed by atoms with Gasteiger partial charge < -0.3 is 0 Å². The standard InChI is InChI=1S/C15H10F5N3OS/c1-7-5-10(15(18,19)20)22-14(21-7)23-11(24)6-25-13(23)12-8(16)3-2-4-9(12)17/h2-5,13H,6H2,1H3. The van der Waals surface area contributed by atoms with Gasteiger partial charge in [-0.3, -0.25) is 9.69 Å². The Labute approximate surface area is 143 Å². The van der Waals surface area contributed by atoms with E-state index in [2.05, 4.69) is 9.97 Å². The van der Waals surface area contributed by atoms with Gasteiger partial charge in [-0.05, 0) is 25.1 Å². The Kier molecular flexibility index (Phi) is 4.40. The molecular weight excluding hydrogens is 365 g/mol. The smallest absolute Gasteiger partial charge is 0.273 e. The van der Waals surface area contributed by atoms with E-state index in [1.54, 1.807) is 0 Å². The molecule has 1 aliphatic rings. The second-order valence-corrected chi connectivity index (χ2v) is 6.32. The second kappa shape index (κ2) is 6.25. The average Bonchev–Trinajstić information content (AvgIpc) is 2.87. The van der Waals surface area contributed by atoms with Crippen LogP contribution in [0.25, 0.3) is 0 Å². The number of alkyl halides is 3. The number of anilines is 1. The number of nitrogens with zero attached hydrogens (tertiary/aromatic N) is 3. The molecule has 1 aliphatic heterocycles. The molecule has 0 spiro atoms. The molecule has 25 heavy (non-hydrogen) atoms. The molecule has 2 heterocycles. The highest BCUT2D eigenvalue weighted by Crippen LogP contribution is 2.43. The van der Waals surface area contributed by atoms with Crippen LogP contribution in [0.15, 0.2) is 24.3 Å². The highest BCUT2D eigenvalue weighted by atomic mass is 32.2. The van der Waals surface area contributed by atoms with Crippen LogP contribution in [0.4, 0.5) is 27.9 Å². The first kappa shape index (κ1) is 17.6. The summed E-state index contributed by atoms with van der Waals surface area (Å²) in [4.78, 5) is 20.2. The minimum atomic E-state index is -4.74. The van der Waals surface area contributed by atoms with E-state index in [0.717, 1.165) is 40.9 Å². The van der Waals surface area contributed by atoms with Crippen molar-refractivity contribution in [2.24, 2.45) is 0 Å². The predicted octanol–water partition coefficient (Wildman–Crippen LogP) is 3.86. The van der Waals surface area contributed by atoms with Crippen LogP contribution in [0, 0.1) is 18.6 Å². The normalized spacial score (nSPS) is 18.1. The van der Waals surface area contributed by atoms with E-state index < -0.39 is 46.3 Å². The molecular formula is C15H10F5N3OS. The van der Waals surface area contributed by atoms with E-state index in [-0.39, 0.29) is 11.4 Å². The first-order chi connectivity index (χ1) is 11.7. The van der Waals surface area contributed by atoms with Gasteiger partial charge in [0.2, 0.25) is 11.9 Å². The SMILES string of the molecule is Cc1cc(C(F)(F)F)nc(N2C(=O)CSC2c2c(F)cccc2F)n1. The summed E-state index contributed by atoms with van der Waals surface area (Å²) >= 11 is 0.889. The number of amides is 1. The van der Waals surface area contributed by atoms with E-state index in [0.29, 0.717) is 0 Å². The van der Waals surface area contributed by atoms with Crippen LogP contribution in [-0.4, -0.2) is 21.6 Å². The third kappa shape index (κ3) is 3.30. The Hall–Kier alpha value is -2.23. The van der Waals surface area contributed by atoms with Crippen molar-refractivity contribution in [3.8, 4) is 0 Å². The van der Waals surface area contributed by atoms with Gasteiger partial charge in [0.1, 0.15) is 22.7 Å². The number of halogens is 5. The maximum atomic E-state index is 14.1. The highest BCUT2D eigenvalue weighted by molar-refractivity contribution is 8.00. The Balaban J connectivity index is 2.11. The number of benzene rings is 1. The number of hydrogen-bond donors (Lipinski definition) is 0. The fraction of sp³-hybridized carbons (Fsp3) is 0.267. The lowest BCUT2D eigenvalue weighted by molar-refractivity contribution is -0.141. The van der Waals surface area contributed by atoms with Crippen molar-refractivity contribution >= 4 is 23.6 Å². The molecule has 10 heteroatoms. The fourth-order valence-electron chi connectivity index (χ4n) is 2.41. The molecule has 1 saturated heterocycles. The zero-order valence-corrected chi connectivity index (χ0v) is 13.5. The summed E-state index contributed by atoms with van der Waals surface area (Å²) in [5.74, 6) is -3.12. The second-order valence-electron chi connectivity index (χ2n) is 5.25. The lowest BCUT2D eigenvalue weighted by atomic mass is 10.2. The Bertz CT molecular complexity index is 822. The third-order valence-electron chi connectivity index (χ3n) is 3.46. The first-order valence-electron chi connectivity index (χ1n) is 6.99. The van der Waals surface area contributed by atoms with Gasteiger partial charge >= 0.3 is 6.18 Å². The van der Waals surface area contributed by atoms with Gasteiger partial charge in [-0.15, -0.1) is 11.8 Å². The molecule has 2 aromatic rings. The van der Waals surface area contributed by atoms with Crippen LogP contribution >= 0.6 is 11.8 Å². The van der Waals surface area contributed by atoms with Gasteiger partial charge in [0, 0.05) is 5.69 Å². The number of aryl methyl sites for hydroxylation is 1. The molecule has 132 valence electrons. The largest absolute Gasteiger partial charge is 0.433 e. The number of aromatic nitrogens is 2. The Morgan fingerprint density at radius 1 is 1.20 bits per heavy atom. The zero-order chi connectivity index (χ0) is 18.4. The summed E-state index contributed by atoms with van der Waals surface area (Å²) < 4.78 is 67.0. The molecule has 0 saturated carbocycles. The van der Waals surface area contributed by atoms with Crippen LogP contribution in [-0.2, 0) is 11.0 Å². The van der Waals surface area contributed by atoms with Crippen molar-refractivity contribution < 1.29 is 26.7 Å². The van der Waals surface area contributed by atoms with Gasteiger partial charge in [-0.1, -0.05) is 6.07 Å². The van der Waals surface area contributed by atoms with E-state index in [4.69, 9.17) is 0 Å². The monoisotopic (exact) mass is 375 g/mol. The molecule has 1 aromatic heterocycles. The maximum absolute atomic E-state index is 14.1. The van der Waals surface area contributed by atoms with E-state index in [1.807, 2.05) is 0 Å². The molecule has 1 unspecified atom stereocenters. The predicted molar refractivity (Wildman–Crippen MR) is 80.8 cm³/mol. The van der Waals surface area contributed by atoms with Gasteiger partial charge in [0.05, 0.1) is 11.3 Å². The summed E-state index contributed by atoms with van der Waals surface area (Å²) in [6.07, 6.45) is -4.74. The van der Waals surface area contributed by atoms with E-state index in [9.17, 15) is 26.7 Å². The minimum Gasteiger partial charge on any atom is -0.273 e. The van der Waals surface area contributed by atoms with E-state index in [1.165, 1.54) is 6.92 Å². The Morgan fingerprint density at radius 3 is 2.44 bits per heavy atom. The third-order valence-corrected chi connectivity index (χ3v) is 4.64. The number of hydrogen-bond acceptors (Lipinski definition) is 4. The van der Waals surface area contributed by atoms with Crippen molar-refractivity contribution in [2.75, 3.05) is 10.7 Å². The van der Waals surface area contributed by atoms with E-state index >= 15 is 0 Å². The molecule has 0 aliphatic carbocycles. The summed E-state index contributed by atoms with van der Waals surface area (Å²) in [5.41, 5.74) is -1.67. The fourth-order valence-corrected chi connectivity index (χ4v) is 3.60. The minimum absolute atomic E-state index is 0.0187. The van der Waals surface area contributed by atoms with Crippen LogP contribution < -0.4 is 4.90 Å². The quantitative estimate of drug-likeness (QED) is 0.748. The molecule has 1 atom stereocenters. The molecule has 1 fully saturated rings. The van der Waals surface area contributed by atoms with Crippen LogP contribution in [0.1, 0.15) is 22.3 Å². The topological polar surface area (TPSA) is 46.1 Å². The summed E-state index contributed by atoms with van der Waals surface area (Å²) in [6, 6.07) is 3.91. The maximum Gasteiger partial charge on any atom is 0.433 e. The number of carbonyl (C=O) groups is 1. The lowest BCUT2D eigenvalue weighted by Gasteiger charge is -2.23. The summed E-state index contributed by atoms with van der Waals surface area (Å²) in [5, 5.41) is -1.18. The average molecular weight is 375 g/mol. The van der Waals surface area contributed by atoms with Crippen LogP contribution in [0.3, 0.4) is 0 Å². The molecule has 3 rings (SSSR count). The molecule has 1 aromatic carbocycles. The van der Waals surface area contributed by atoms with Crippen molar-refractivity contribution in [3.63, 3.8) is 0 Å². The van der Waals surface area contributed by atoms with Crippen molar-refractivity contribution in [2.45, 2.75) is 18.5 Å². The zero-order valence-electron chi connectivity index (χ0n) is 12.6. The molecule has 1 amide bonds. The van der Waals surface area contributed by atoms with Gasteiger partial charge in [0.15, 0.2) is 0 Å². The van der Waals surface area contributed by atoms with Crippen LogP contribution in [0.2, 0.25) is 0 Å². The summed E-state index contributed by atoms with van der Waals surface area (Å²) in [6.45, 7) is 1.31. The van der Waals surface area contributed by atoms with Crippen molar-refractivity contribution in [1.82, 2.24) is 9.97 Å². The summed E-state index contributed by atoms with van der Waals surface area (Å²) in [7, 11) is 0. The van der Waals surface area contributed by atoms with Gasteiger partial charge in [0.25, 0.3) is 0 Å². The highest BCUT2D eigenvalue weighted by Gasteiger charge is 2.41. The number of rotatable bonds is 2. The van der Waals surface area contributed by atoms with Crippen LogP contribution in [0.5, 0.6) is 0 Å². The van der Waals surface area contributed by atoms with Crippen molar-refractivity contribution in [3.05, 3.63) is 52.9 Å². The molecule has 0 bridgehead atoms. The molecule has 0 N–H and O–H groups in total. The Morgan fingerprint density at radius 2 is 1.84 bits per heavy atom. The molecule has 0 radical (unpaired) electrons. The van der Waals surface area contributed by atoms with Crippen molar-refractivity contribution in [1.29, 1.82) is 0 Å². The lowest BCUT2D eigenvalue weighted by Crippen LogP contribution is -2.31. The first-order valence-corrected chi connectivity index (χ1v) is 8.04. The van der Waals surface area contributed by atoms with Gasteiger partial charge in [-0.25, -0.2) is 18.7 Å². The number of carbonyl (C=O) groups excluding carboxylic acids is 1. The van der Waals surface area contributed by atoms with Gasteiger partial charge in [-0.2, -0.15) is 13.2 Å². The number of thioether (sulfide) groups is 1.